The van der Waals surface area contributed by atoms with Crippen LogP contribution in [0.2, 0.25) is 0 Å². The Kier molecular flexibility index (Phi) is 3.34. The number of benzene rings is 1. The first-order valence-corrected chi connectivity index (χ1v) is 7.04. The van der Waals surface area contributed by atoms with Gasteiger partial charge in [-0.3, -0.25) is 0 Å². The lowest BCUT2D eigenvalue weighted by molar-refractivity contribution is 0.350. The van der Waals surface area contributed by atoms with Crippen LogP contribution >= 0.6 is 0 Å². The lowest BCUT2D eigenvalue weighted by atomic mass is 9.94. The highest BCUT2D eigenvalue weighted by molar-refractivity contribution is 5.25. The largest absolute Gasteiger partial charge is 0.312 e. The average molecular weight is 240 g/mol. The number of nitrogens with zero attached hydrogens (tertiary/aromatic N) is 1. The summed E-state index contributed by atoms with van der Waals surface area (Å²) >= 11 is 0. The average Bonchev–Trinajstić information content (AvgIpc) is 3.03. The van der Waals surface area contributed by atoms with Crippen molar-refractivity contribution in [3.05, 3.63) is 35.9 Å². The third-order valence-corrected chi connectivity index (χ3v) is 4.68. The van der Waals surface area contributed by atoms with Crippen LogP contribution in [0.15, 0.2) is 30.3 Å². The molecule has 2 nitrogen and oxygen atoms in total. The third kappa shape index (κ3) is 2.28. The summed E-state index contributed by atoms with van der Waals surface area (Å²) < 4.78 is 0. The summed E-state index contributed by atoms with van der Waals surface area (Å²) in [6.07, 6.45) is 5.58. The van der Waals surface area contributed by atoms with Crippen LogP contribution < -0.4 is 5.32 Å². The number of fused-ring (bicyclic) bond motifs is 2. The van der Waals surface area contributed by atoms with E-state index in [0.717, 1.165) is 23.9 Å². The third-order valence-electron chi connectivity index (χ3n) is 4.68. The van der Waals surface area contributed by atoms with Crippen LogP contribution in [0.1, 0.15) is 37.2 Å². The zero-order chi connectivity index (χ0) is 12.4. The molecule has 0 amide bonds. The van der Waals surface area contributed by atoms with Crippen LogP contribution in [0.5, 0.6) is 0 Å². The molecule has 4 unspecified atom stereocenters. The van der Waals surface area contributed by atoms with Crippen molar-refractivity contribution in [2.45, 2.75) is 37.6 Å². The van der Waals surface area contributed by atoms with E-state index in [1.54, 1.807) is 0 Å². The van der Waals surface area contributed by atoms with Crippen molar-refractivity contribution in [1.29, 1.82) is 5.26 Å². The topological polar surface area (TPSA) is 35.8 Å². The number of rotatable bonds is 4. The molecule has 2 aliphatic carbocycles. The molecule has 94 valence electrons. The number of hydrogen-bond acceptors (Lipinski definition) is 2. The molecule has 0 saturated heterocycles. The van der Waals surface area contributed by atoms with Gasteiger partial charge in [0.15, 0.2) is 0 Å². The Hall–Kier alpha value is -1.33. The van der Waals surface area contributed by atoms with E-state index < -0.39 is 0 Å². The molecular formula is C16H20N2. The van der Waals surface area contributed by atoms with Gasteiger partial charge in [0.05, 0.1) is 12.0 Å². The molecule has 2 saturated carbocycles. The van der Waals surface area contributed by atoms with Crippen LogP contribution in [0.3, 0.4) is 0 Å². The van der Waals surface area contributed by atoms with E-state index in [9.17, 15) is 5.26 Å². The molecule has 2 bridgehead atoms. The van der Waals surface area contributed by atoms with Crippen LogP contribution in [-0.2, 0) is 0 Å². The van der Waals surface area contributed by atoms with Gasteiger partial charge in [-0.25, -0.2) is 0 Å². The summed E-state index contributed by atoms with van der Waals surface area (Å²) in [5, 5.41) is 12.9. The highest BCUT2D eigenvalue weighted by atomic mass is 14.9. The Morgan fingerprint density at radius 3 is 2.67 bits per heavy atom. The van der Waals surface area contributed by atoms with E-state index >= 15 is 0 Å². The van der Waals surface area contributed by atoms with Crippen molar-refractivity contribution in [1.82, 2.24) is 5.32 Å². The second kappa shape index (κ2) is 5.12. The van der Waals surface area contributed by atoms with Gasteiger partial charge in [0.25, 0.3) is 0 Å². The second-order valence-corrected chi connectivity index (χ2v) is 5.78. The van der Waals surface area contributed by atoms with Crippen molar-refractivity contribution in [2.24, 2.45) is 11.8 Å². The van der Waals surface area contributed by atoms with Crippen LogP contribution in [-0.4, -0.2) is 12.6 Å². The molecular weight excluding hydrogens is 220 g/mol. The SMILES string of the molecule is N#CC(CNC1CC2CCC1C2)c1ccccc1. The Bertz CT molecular complexity index is 434. The van der Waals surface area contributed by atoms with Crippen molar-refractivity contribution < 1.29 is 0 Å². The van der Waals surface area contributed by atoms with Crippen molar-refractivity contribution in [2.75, 3.05) is 6.54 Å². The molecule has 3 rings (SSSR count). The van der Waals surface area contributed by atoms with Gasteiger partial charge in [0.1, 0.15) is 0 Å². The summed E-state index contributed by atoms with van der Waals surface area (Å²) in [7, 11) is 0. The molecule has 0 spiro atoms. The first-order valence-electron chi connectivity index (χ1n) is 7.04. The van der Waals surface area contributed by atoms with E-state index in [4.69, 9.17) is 0 Å². The van der Waals surface area contributed by atoms with Gasteiger partial charge >= 0.3 is 0 Å². The van der Waals surface area contributed by atoms with Crippen molar-refractivity contribution in [3.8, 4) is 6.07 Å². The summed E-state index contributed by atoms with van der Waals surface area (Å²) in [4.78, 5) is 0. The number of nitriles is 1. The zero-order valence-electron chi connectivity index (χ0n) is 10.7. The van der Waals surface area contributed by atoms with Gasteiger partial charge in [0, 0.05) is 12.6 Å². The molecule has 18 heavy (non-hydrogen) atoms. The maximum atomic E-state index is 9.30. The molecule has 1 aromatic carbocycles. The van der Waals surface area contributed by atoms with Gasteiger partial charge in [-0.2, -0.15) is 5.26 Å². The molecule has 2 fully saturated rings. The van der Waals surface area contributed by atoms with Crippen molar-refractivity contribution in [3.63, 3.8) is 0 Å². The maximum Gasteiger partial charge on any atom is 0.0837 e. The van der Waals surface area contributed by atoms with Gasteiger partial charge in [-0.1, -0.05) is 36.8 Å². The lowest BCUT2D eigenvalue weighted by Crippen LogP contribution is -2.36. The monoisotopic (exact) mass is 240 g/mol. The van der Waals surface area contributed by atoms with E-state index in [-0.39, 0.29) is 5.92 Å². The lowest BCUT2D eigenvalue weighted by Gasteiger charge is -2.24. The standard InChI is InChI=1S/C16H20N2/c17-10-15(13-4-2-1-3-5-13)11-18-16-9-12-6-7-14(16)8-12/h1-5,12,14-16,18H,6-9,11H2. The minimum absolute atomic E-state index is 0.00896. The quantitative estimate of drug-likeness (QED) is 0.878. The Morgan fingerprint density at radius 2 is 2.06 bits per heavy atom. The second-order valence-electron chi connectivity index (χ2n) is 5.78. The maximum absolute atomic E-state index is 9.30. The fourth-order valence-corrected chi connectivity index (χ4v) is 3.69. The highest BCUT2D eigenvalue weighted by Gasteiger charge is 2.39. The molecule has 1 aromatic rings. The Balaban J connectivity index is 1.57. The normalized spacial score (nSPS) is 31.2. The molecule has 1 N–H and O–H groups in total. The van der Waals surface area contributed by atoms with Crippen LogP contribution in [0.25, 0.3) is 0 Å². The zero-order valence-corrected chi connectivity index (χ0v) is 10.7. The van der Waals surface area contributed by atoms with E-state index in [0.29, 0.717) is 6.04 Å². The van der Waals surface area contributed by atoms with E-state index in [1.165, 1.54) is 25.7 Å². The molecule has 0 aromatic heterocycles. The molecule has 4 atom stereocenters. The fraction of sp³-hybridized carbons (Fsp3) is 0.562. The fourth-order valence-electron chi connectivity index (χ4n) is 3.69. The predicted molar refractivity (Wildman–Crippen MR) is 72.0 cm³/mol. The molecule has 2 aliphatic rings. The number of hydrogen-bond donors (Lipinski definition) is 1. The molecule has 0 radical (unpaired) electrons. The van der Waals surface area contributed by atoms with E-state index in [2.05, 4.69) is 23.5 Å². The smallest absolute Gasteiger partial charge is 0.0837 e. The molecule has 0 aliphatic heterocycles. The highest BCUT2D eigenvalue weighted by Crippen LogP contribution is 2.44. The minimum Gasteiger partial charge on any atom is -0.312 e. The first-order chi connectivity index (χ1) is 8.86. The number of nitrogens with one attached hydrogen (secondary N) is 1. The van der Waals surface area contributed by atoms with E-state index in [1.807, 2.05) is 18.2 Å². The van der Waals surface area contributed by atoms with Gasteiger partial charge in [0.2, 0.25) is 0 Å². The van der Waals surface area contributed by atoms with Crippen LogP contribution in [0, 0.1) is 23.2 Å². The summed E-state index contributed by atoms with van der Waals surface area (Å²) in [5.41, 5.74) is 1.13. The summed E-state index contributed by atoms with van der Waals surface area (Å²) in [5.74, 6) is 1.83. The Labute approximate surface area is 109 Å². The first kappa shape index (κ1) is 11.7. The summed E-state index contributed by atoms with van der Waals surface area (Å²) in [6, 6.07) is 13.2. The predicted octanol–water partition coefficient (Wildman–Crippen LogP) is 3.07. The van der Waals surface area contributed by atoms with Crippen LogP contribution in [0.4, 0.5) is 0 Å². The molecule has 0 heterocycles. The van der Waals surface area contributed by atoms with Gasteiger partial charge in [-0.15, -0.1) is 0 Å². The molecule has 2 heteroatoms. The minimum atomic E-state index is -0.00896. The summed E-state index contributed by atoms with van der Waals surface area (Å²) in [6.45, 7) is 0.800. The van der Waals surface area contributed by atoms with Gasteiger partial charge in [-0.05, 0) is 36.7 Å². The van der Waals surface area contributed by atoms with Crippen molar-refractivity contribution >= 4 is 0 Å². The van der Waals surface area contributed by atoms with Gasteiger partial charge < -0.3 is 5.32 Å². The Morgan fingerprint density at radius 1 is 1.22 bits per heavy atom.